The summed E-state index contributed by atoms with van der Waals surface area (Å²) in [5.41, 5.74) is -0.475. The van der Waals surface area contributed by atoms with Gasteiger partial charge in [0.2, 0.25) is 0 Å². The third-order valence-corrected chi connectivity index (χ3v) is 21.1. The molecule has 5 aliphatic heterocycles. The molecule has 0 bridgehead atoms. The van der Waals surface area contributed by atoms with Crippen LogP contribution in [0.15, 0.2) is 4.42 Å². The van der Waals surface area contributed by atoms with E-state index in [4.69, 9.17) is 51.8 Å². The van der Waals surface area contributed by atoms with E-state index in [1.165, 1.54) is 26.3 Å². The van der Waals surface area contributed by atoms with Crippen molar-refractivity contribution in [1.82, 2.24) is 0 Å². The number of fused-ring (bicyclic) bond motifs is 7. The van der Waals surface area contributed by atoms with Crippen molar-refractivity contribution in [3.8, 4) is 0 Å². The minimum absolute atomic E-state index is 0.00860. The van der Waals surface area contributed by atoms with Crippen LogP contribution >= 0.6 is 0 Å². The maximum absolute atomic E-state index is 13.0. The van der Waals surface area contributed by atoms with Gasteiger partial charge in [-0.3, -0.25) is 0 Å². The van der Waals surface area contributed by atoms with Crippen molar-refractivity contribution < 1.29 is 133 Å². The normalized spacial score (nSPS) is 52.7. The molecular formula is C57H92O27. The van der Waals surface area contributed by atoms with Gasteiger partial charge in [-0.15, -0.1) is 0 Å². The fraction of sp³-hybridized carbons (Fsp3) is 0.930. The van der Waals surface area contributed by atoms with E-state index in [0.29, 0.717) is 38.5 Å². The Morgan fingerprint density at radius 2 is 1.11 bits per heavy atom. The predicted molar refractivity (Wildman–Crippen MR) is 281 cm³/mol. The second-order valence-electron chi connectivity index (χ2n) is 26.3. The van der Waals surface area contributed by atoms with Crippen LogP contribution in [0.3, 0.4) is 0 Å². The van der Waals surface area contributed by atoms with Gasteiger partial charge in [-0.25, -0.2) is 0 Å². The number of ether oxygens (including phenoxy) is 10. The summed E-state index contributed by atoms with van der Waals surface area (Å²) >= 11 is 0. The van der Waals surface area contributed by atoms with Crippen LogP contribution < -0.4 is 0 Å². The van der Waals surface area contributed by atoms with Gasteiger partial charge in [0.15, 0.2) is 31.5 Å². The second-order valence-corrected chi connectivity index (χ2v) is 26.3. The van der Waals surface area contributed by atoms with E-state index in [2.05, 4.69) is 13.8 Å². The molecule has 1 aromatic rings. The highest BCUT2D eigenvalue weighted by molar-refractivity contribution is 5.45. The Bertz CT molecular complexity index is 2370. The summed E-state index contributed by atoms with van der Waals surface area (Å²) in [6.07, 6.45) is -36.0. The minimum atomic E-state index is -1.93. The summed E-state index contributed by atoms with van der Waals surface area (Å²) < 4.78 is 66.3. The molecule has 27 nitrogen and oxygen atoms in total. The molecule has 0 unspecified atom stereocenters. The summed E-state index contributed by atoms with van der Waals surface area (Å²) in [7, 11) is 0. The van der Waals surface area contributed by atoms with Crippen LogP contribution in [-0.4, -0.2) is 273 Å². The average Bonchev–Trinajstić information content (AvgIpc) is 1.72. The monoisotopic (exact) mass is 1210 g/mol. The molecule has 1 aromatic heterocycles. The van der Waals surface area contributed by atoms with Crippen molar-refractivity contribution in [2.24, 2.45) is 29.1 Å². The van der Waals surface area contributed by atoms with Crippen molar-refractivity contribution in [2.75, 3.05) is 19.8 Å². The highest BCUT2D eigenvalue weighted by atomic mass is 16.8. The molecule has 482 valence electrons. The summed E-state index contributed by atoms with van der Waals surface area (Å²) in [5, 5.41) is 175. The Morgan fingerprint density at radius 1 is 0.560 bits per heavy atom. The van der Waals surface area contributed by atoms with Gasteiger partial charge in [-0.1, -0.05) is 20.8 Å². The highest BCUT2D eigenvalue weighted by Gasteiger charge is 2.68. The molecule has 27 heteroatoms. The van der Waals surface area contributed by atoms with E-state index in [0.717, 1.165) is 29.9 Å². The number of aliphatic hydroxyl groups is 16. The first-order valence-electron chi connectivity index (χ1n) is 30.0. The largest absolute Gasteiger partial charge is 0.465 e. The first kappa shape index (κ1) is 65.2. The van der Waals surface area contributed by atoms with Gasteiger partial charge in [0.25, 0.3) is 0 Å². The van der Waals surface area contributed by atoms with Gasteiger partial charge >= 0.3 is 0 Å². The molecule has 0 aromatic carbocycles. The fourth-order valence-corrected chi connectivity index (χ4v) is 15.9. The van der Waals surface area contributed by atoms with Gasteiger partial charge in [0, 0.05) is 30.2 Å². The first-order chi connectivity index (χ1) is 39.6. The Balaban J connectivity index is 0.804. The molecule has 3 saturated carbocycles. The SMILES string of the molecule is Cc1c(CC[C@@H](C)CO[C@@H]2O[C@H](CO)[C@@H](O)[C@H](O)[C@H]2O)oc2c1[C@@]1(C)CC[C@H]3[C@@H](C[C@@H](O)[C@@]4(O)C[C@@H](O[C@@H]5O[C@H](CO)[C@@H](O[C@@H]6O[C@@H](C)[C@H](O[C@@H]7O[C@@H](C)[C@H](O)[C@@H](O)[C@H]7O)[C@@H](O)[C@H]6O)[C@H](O)[C@H]5O[C@@H]5O[C@@H](C)[C@H](O)[C@@H](O)[C@H]5O)CC[C@]34C)[C@@H]1C2. The zero-order valence-corrected chi connectivity index (χ0v) is 48.5. The lowest BCUT2D eigenvalue weighted by Gasteiger charge is -2.65. The average molecular weight is 1210 g/mol. The molecule has 10 rings (SSSR count). The van der Waals surface area contributed by atoms with Crippen LogP contribution in [0.25, 0.3) is 0 Å². The van der Waals surface area contributed by atoms with Gasteiger partial charge in [0.05, 0.1) is 55.9 Å². The molecule has 16 N–H and O–H groups in total. The lowest BCUT2D eigenvalue weighted by Crippen LogP contribution is -2.70. The lowest BCUT2D eigenvalue weighted by molar-refractivity contribution is -0.396. The van der Waals surface area contributed by atoms with Gasteiger partial charge in [-0.05, 0) is 101 Å². The maximum Gasteiger partial charge on any atom is 0.187 e. The Kier molecular flexibility index (Phi) is 19.5. The van der Waals surface area contributed by atoms with E-state index in [1.54, 1.807) is 0 Å². The van der Waals surface area contributed by atoms with Crippen molar-refractivity contribution in [1.29, 1.82) is 0 Å². The van der Waals surface area contributed by atoms with Crippen LogP contribution in [0.2, 0.25) is 0 Å². The number of aryl methyl sites for hydroxylation is 1. The number of hydrogen-bond acceptors (Lipinski definition) is 27. The van der Waals surface area contributed by atoms with Crippen molar-refractivity contribution in [3.63, 3.8) is 0 Å². The molecule has 0 spiro atoms. The van der Waals surface area contributed by atoms with Crippen LogP contribution in [-0.2, 0) is 65.6 Å². The van der Waals surface area contributed by atoms with Crippen LogP contribution in [0.4, 0.5) is 0 Å². The molecule has 4 aliphatic carbocycles. The van der Waals surface area contributed by atoms with E-state index in [9.17, 15) is 81.7 Å². The maximum atomic E-state index is 13.0. The molecule has 0 radical (unpaired) electrons. The molecule has 5 saturated heterocycles. The van der Waals surface area contributed by atoms with Crippen LogP contribution in [0, 0.1) is 36.0 Å². The molecule has 8 fully saturated rings. The van der Waals surface area contributed by atoms with Crippen molar-refractivity contribution in [3.05, 3.63) is 22.6 Å². The third-order valence-electron chi connectivity index (χ3n) is 21.1. The number of hydrogen-bond donors (Lipinski definition) is 16. The summed E-state index contributed by atoms with van der Waals surface area (Å²) in [6.45, 7) is 11.5. The van der Waals surface area contributed by atoms with Crippen LogP contribution in [0.5, 0.6) is 0 Å². The Labute approximate surface area is 486 Å². The van der Waals surface area contributed by atoms with Crippen LogP contribution in [0.1, 0.15) is 109 Å². The van der Waals surface area contributed by atoms with E-state index in [-0.39, 0.29) is 42.1 Å². The summed E-state index contributed by atoms with van der Waals surface area (Å²) in [4.78, 5) is 0. The summed E-state index contributed by atoms with van der Waals surface area (Å²) in [6, 6.07) is 0. The van der Waals surface area contributed by atoms with Crippen molar-refractivity contribution in [2.45, 2.75) is 283 Å². The molecule has 6 heterocycles. The minimum Gasteiger partial charge on any atom is -0.465 e. The quantitative estimate of drug-likeness (QED) is 0.0699. The molecule has 84 heavy (non-hydrogen) atoms. The van der Waals surface area contributed by atoms with Crippen molar-refractivity contribution >= 4 is 0 Å². The van der Waals surface area contributed by atoms with E-state index >= 15 is 0 Å². The van der Waals surface area contributed by atoms with Gasteiger partial charge in [0.1, 0.15) is 115 Å². The standard InChI is InChI=1S/C57H92O27/c1-20(19-74-50-42(68)40(66)37(63)31(17-58)80-50)8-9-29-21(2)34-30(79-29)15-28-26-14-33(60)57(73)16-25(10-13-56(57,7)27(26)11-12-55(28,34)6)78-54-49(84-52-44(70)39(65)36(62)23(4)76-52)46(72)48(32(18-59)81-54)83-53-45(71)41(67)47(24(5)77-53)82-51-43(69)38(64)35(61)22(3)75-51/h20,22-28,31-33,35-54,58-73H,8-19H2,1-7H3/t20-,22+,23+,24+,25+,26-,27+,28+,31-,32-,33-,35+,36+,37-,38-,39-,40+,41+,42-,43-,44-,45-,46+,47+,48-,49-,50-,51+,52+,53+,54-,55+,56-,57+/m1/s1. The third kappa shape index (κ3) is 11.4. The Morgan fingerprint density at radius 3 is 1.73 bits per heavy atom. The number of rotatable bonds is 16. The second kappa shape index (κ2) is 25.1. The van der Waals surface area contributed by atoms with E-state index in [1.807, 2.05) is 13.8 Å². The Hall–Kier alpha value is -1.76. The predicted octanol–water partition coefficient (Wildman–Crippen LogP) is -4.14. The molecule has 34 atom stereocenters. The van der Waals surface area contributed by atoms with E-state index < -0.39 is 190 Å². The zero-order chi connectivity index (χ0) is 61.0. The molecule has 9 aliphatic rings. The zero-order valence-electron chi connectivity index (χ0n) is 48.5. The first-order valence-corrected chi connectivity index (χ1v) is 30.0. The lowest BCUT2D eigenvalue weighted by atomic mass is 9.42. The van der Waals surface area contributed by atoms with Gasteiger partial charge in [-0.2, -0.15) is 0 Å². The summed E-state index contributed by atoms with van der Waals surface area (Å²) in [5.74, 6) is 1.89. The molecular weight excluding hydrogens is 1120 g/mol. The molecule has 0 amide bonds. The highest BCUT2D eigenvalue weighted by Crippen LogP contribution is 2.67. The number of aliphatic hydroxyl groups excluding tert-OH is 15. The van der Waals surface area contributed by atoms with Gasteiger partial charge < -0.3 is 133 Å². The smallest absolute Gasteiger partial charge is 0.187 e. The topological polar surface area (TPSA) is 429 Å². The fourth-order valence-electron chi connectivity index (χ4n) is 15.9. The number of furan rings is 1.